The van der Waals surface area contributed by atoms with Crippen LogP contribution in [0.4, 0.5) is 5.69 Å². The van der Waals surface area contributed by atoms with Crippen LogP contribution in [0.1, 0.15) is 28.8 Å². The largest absolute Gasteiger partial charge is 0.497 e. The molecule has 0 spiro atoms. The Hall–Kier alpha value is -3.28. The van der Waals surface area contributed by atoms with Crippen LogP contribution in [-0.2, 0) is 4.79 Å². The first-order valence-corrected chi connectivity index (χ1v) is 8.71. The predicted octanol–water partition coefficient (Wildman–Crippen LogP) is 3.25. The van der Waals surface area contributed by atoms with Gasteiger partial charge >= 0.3 is 0 Å². The molecule has 1 aliphatic carbocycles. The minimum atomic E-state index is -0.275. The van der Waals surface area contributed by atoms with Gasteiger partial charge in [0.05, 0.1) is 14.2 Å². The van der Waals surface area contributed by atoms with Crippen LogP contribution in [0.25, 0.3) is 6.08 Å². The molecule has 27 heavy (non-hydrogen) atoms. The number of hydrogen-bond donors (Lipinski definition) is 2. The van der Waals surface area contributed by atoms with Crippen molar-refractivity contribution in [3.8, 4) is 11.5 Å². The van der Waals surface area contributed by atoms with Crippen molar-refractivity contribution in [3.05, 3.63) is 59.7 Å². The topological polar surface area (TPSA) is 76.7 Å². The van der Waals surface area contributed by atoms with Crippen molar-refractivity contribution in [2.24, 2.45) is 0 Å². The van der Waals surface area contributed by atoms with Gasteiger partial charge in [0.25, 0.3) is 5.91 Å². The average Bonchev–Trinajstić information content (AvgIpc) is 3.50. The highest BCUT2D eigenvalue weighted by molar-refractivity contribution is 6.02. The van der Waals surface area contributed by atoms with E-state index in [0.29, 0.717) is 28.8 Å². The molecule has 0 atom stereocenters. The van der Waals surface area contributed by atoms with Crippen LogP contribution in [0.3, 0.4) is 0 Å². The van der Waals surface area contributed by atoms with E-state index in [-0.39, 0.29) is 11.8 Å². The summed E-state index contributed by atoms with van der Waals surface area (Å²) in [5, 5.41) is 5.70. The Bertz CT molecular complexity index is 855. The number of nitrogens with one attached hydrogen (secondary N) is 2. The Morgan fingerprint density at radius 3 is 2.41 bits per heavy atom. The summed E-state index contributed by atoms with van der Waals surface area (Å²) < 4.78 is 10.5. The molecular formula is C21H22N2O4. The van der Waals surface area contributed by atoms with Crippen molar-refractivity contribution < 1.29 is 19.1 Å². The summed E-state index contributed by atoms with van der Waals surface area (Å²) in [6.45, 7) is 0. The van der Waals surface area contributed by atoms with Gasteiger partial charge in [0.1, 0.15) is 11.5 Å². The van der Waals surface area contributed by atoms with Gasteiger partial charge in [-0.3, -0.25) is 9.59 Å². The van der Waals surface area contributed by atoms with Gasteiger partial charge in [-0.2, -0.15) is 0 Å². The maximum absolute atomic E-state index is 12.1. The fourth-order valence-electron chi connectivity index (χ4n) is 2.51. The van der Waals surface area contributed by atoms with E-state index < -0.39 is 0 Å². The smallest absolute Gasteiger partial charge is 0.251 e. The van der Waals surface area contributed by atoms with Gasteiger partial charge in [-0.25, -0.2) is 0 Å². The Balaban J connectivity index is 1.60. The van der Waals surface area contributed by atoms with Crippen molar-refractivity contribution in [2.45, 2.75) is 18.9 Å². The number of anilines is 1. The van der Waals surface area contributed by atoms with Gasteiger partial charge in [0.15, 0.2) is 0 Å². The number of rotatable bonds is 7. The maximum Gasteiger partial charge on any atom is 0.251 e. The van der Waals surface area contributed by atoms with Gasteiger partial charge in [-0.1, -0.05) is 0 Å². The molecule has 0 bridgehead atoms. The summed E-state index contributed by atoms with van der Waals surface area (Å²) in [5.74, 6) is 0.939. The van der Waals surface area contributed by atoms with E-state index >= 15 is 0 Å². The van der Waals surface area contributed by atoms with E-state index in [1.165, 1.54) is 6.08 Å². The summed E-state index contributed by atoms with van der Waals surface area (Å²) in [6, 6.07) is 12.5. The van der Waals surface area contributed by atoms with Crippen LogP contribution in [0.5, 0.6) is 11.5 Å². The fourth-order valence-corrected chi connectivity index (χ4v) is 2.51. The SMILES string of the molecule is COc1ccc(/C=C/C(=O)Nc2ccc(C(=O)NC3CC3)cc2)c(OC)c1. The minimum absolute atomic E-state index is 0.0816. The predicted molar refractivity (Wildman–Crippen MR) is 104 cm³/mol. The lowest BCUT2D eigenvalue weighted by Crippen LogP contribution is -2.25. The highest BCUT2D eigenvalue weighted by Crippen LogP contribution is 2.25. The molecule has 3 rings (SSSR count). The Labute approximate surface area is 158 Å². The van der Waals surface area contributed by atoms with Crippen molar-refractivity contribution >= 4 is 23.6 Å². The van der Waals surface area contributed by atoms with Crippen LogP contribution in [0.2, 0.25) is 0 Å². The molecule has 1 aliphatic rings. The molecule has 0 aromatic heterocycles. The first-order valence-electron chi connectivity index (χ1n) is 8.71. The molecule has 2 aromatic carbocycles. The average molecular weight is 366 g/mol. The Kier molecular flexibility index (Phi) is 5.76. The first kappa shape index (κ1) is 18.5. The lowest BCUT2D eigenvalue weighted by Gasteiger charge is -2.07. The molecule has 1 saturated carbocycles. The van der Waals surface area contributed by atoms with Crippen molar-refractivity contribution in [3.63, 3.8) is 0 Å². The van der Waals surface area contributed by atoms with Crippen LogP contribution >= 0.6 is 0 Å². The molecule has 6 nitrogen and oxygen atoms in total. The van der Waals surface area contributed by atoms with Crippen LogP contribution in [-0.4, -0.2) is 32.1 Å². The Morgan fingerprint density at radius 1 is 1.04 bits per heavy atom. The van der Waals surface area contributed by atoms with Crippen molar-refractivity contribution in [1.82, 2.24) is 5.32 Å². The van der Waals surface area contributed by atoms with Crippen molar-refractivity contribution in [1.29, 1.82) is 0 Å². The molecule has 0 unspecified atom stereocenters. The number of ether oxygens (including phenoxy) is 2. The van der Waals surface area contributed by atoms with E-state index in [9.17, 15) is 9.59 Å². The van der Waals surface area contributed by atoms with Crippen LogP contribution < -0.4 is 20.1 Å². The molecule has 1 fully saturated rings. The van der Waals surface area contributed by atoms with Gasteiger partial charge in [0, 0.05) is 35.0 Å². The molecule has 2 amide bonds. The summed E-state index contributed by atoms with van der Waals surface area (Å²) >= 11 is 0. The third-order valence-corrected chi connectivity index (χ3v) is 4.18. The molecule has 6 heteroatoms. The number of amides is 2. The third kappa shape index (κ3) is 5.10. The van der Waals surface area contributed by atoms with E-state index in [1.807, 2.05) is 6.07 Å². The zero-order valence-electron chi connectivity index (χ0n) is 15.3. The molecule has 2 N–H and O–H groups in total. The van der Waals surface area contributed by atoms with E-state index in [0.717, 1.165) is 18.4 Å². The van der Waals surface area contributed by atoms with Crippen LogP contribution in [0.15, 0.2) is 48.5 Å². The zero-order valence-corrected chi connectivity index (χ0v) is 15.3. The lowest BCUT2D eigenvalue weighted by molar-refractivity contribution is -0.111. The summed E-state index contributed by atoms with van der Waals surface area (Å²) in [6.07, 6.45) is 5.19. The summed E-state index contributed by atoms with van der Waals surface area (Å²) in [4.78, 5) is 24.1. The van der Waals surface area contributed by atoms with E-state index in [2.05, 4.69) is 10.6 Å². The first-order chi connectivity index (χ1) is 13.1. The second-order valence-electron chi connectivity index (χ2n) is 6.26. The molecule has 0 aliphatic heterocycles. The molecule has 0 radical (unpaired) electrons. The van der Waals surface area contributed by atoms with Gasteiger partial charge in [-0.15, -0.1) is 0 Å². The molecule has 0 saturated heterocycles. The maximum atomic E-state index is 12.1. The quantitative estimate of drug-likeness (QED) is 0.738. The second-order valence-corrected chi connectivity index (χ2v) is 6.26. The molecular weight excluding hydrogens is 344 g/mol. The number of hydrogen-bond acceptors (Lipinski definition) is 4. The summed E-state index contributed by atoms with van der Waals surface area (Å²) in [7, 11) is 3.14. The second kappa shape index (κ2) is 8.40. The Morgan fingerprint density at radius 2 is 1.78 bits per heavy atom. The van der Waals surface area contributed by atoms with E-state index in [1.54, 1.807) is 56.7 Å². The lowest BCUT2D eigenvalue weighted by atomic mass is 10.1. The van der Waals surface area contributed by atoms with Crippen molar-refractivity contribution in [2.75, 3.05) is 19.5 Å². The fraction of sp³-hybridized carbons (Fsp3) is 0.238. The number of benzene rings is 2. The minimum Gasteiger partial charge on any atom is -0.497 e. The highest BCUT2D eigenvalue weighted by Gasteiger charge is 2.23. The zero-order chi connectivity index (χ0) is 19.2. The highest BCUT2D eigenvalue weighted by atomic mass is 16.5. The molecule has 140 valence electrons. The van der Waals surface area contributed by atoms with Gasteiger partial charge in [-0.05, 0) is 55.3 Å². The number of methoxy groups -OCH3 is 2. The standard InChI is InChI=1S/C21H22N2O4/c1-26-18-11-5-14(19(13-18)27-2)6-12-20(24)22-16-7-3-15(4-8-16)21(25)23-17-9-10-17/h3-8,11-13,17H,9-10H2,1-2H3,(H,22,24)(H,23,25)/b12-6+. The third-order valence-electron chi connectivity index (χ3n) is 4.18. The summed E-state index contributed by atoms with van der Waals surface area (Å²) in [5.41, 5.74) is 1.97. The van der Waals surface area contributed by atoms with Crippen LogP contribution in [0, 0.1) is 0 Å². The molecule has 2 aromatic rings. The number of carbonyl (C=O) groups excluding carboxylic acids is 2. The van der Waals surface area contributed by atoms with Gasteiger partial charge in [0.2, 0.25) is 5.91 Å². The monoisotopic (exact) mass is 366 g/mol. The van der Waals surface area contributed by atoms with E-state index in [4.69, 9.17) is 9.47 Å². The molecule has 0 heterocycles. The number of carbonyl (C=O) groups is 2. The normalized spacial score (nSPS) is 13.3. The van der Waals surface area contributed by atoms with Gasteiger partial charge < -0.3 is 20.1 Å².